The third-order valence-electron chi connectivity index (χ3n) is 1.13. The van der Waals surface area contributed by atoms with Gasteiger partial charge in [-0.15, -0.1) is 5.10 Å². The first-order chi connectivity index (χ1) is 4.77. The Bertz CT molecular complexity index is 242. The Kier molecular flexibility index (Phi) is 1.66. The quantitative estimate of drug-likeness (QED) is 0.571. The fourth-order valence-electron chi connectivity index (χ4n) is 0.605. The van der Waals surface area contributed by atoms with Crippen LogP contribution in [0.1, 0.15) is 10.6 Å². The average molecular weight is 140 g/mol. The summed E-state index contributed by atoms with van der Waals surface area (Å²) in [6.07, 6.45) is 0.661. The van der Waals surface area contributed by atoms with E-state index in [9.17, 15) is 4.79 Å². The fourth-order valence-corrected chi connectivity index (χ4v) is 0.605. The number of aromatic nitrogens is 3. The highest BCUT2D eigenvalue weighted by Crippen LogP contribution is 1.96. The van der Waals surface area contributed by atoms with Gasteiger partial charge >= 0.3 is 0 Å². The van der Waals surface area contributed by atoms with Gasteiger partial charge in [0.2, 0.25) is 5.95 Å². The van der Waals surface area contributed by atoms with Crippen LogP contribution in [0.4, 0.5) is 5.95 Å². The van der Waals surface area contributed by atoms with Gasteiger partial charge in [-0.3, -0.25) is 4.79 Å². The molecule has 0 amide bonds. The maximum atomic E-state index is 10.2. The first kappa shape index (κ1) is 6.73. The molecule has 0 aliphatic heterocycles. The Morgan fingerprint density at radius 1 is 1.70 bits per heavy atom. The molecule has 0 saturated carbocycles. The van der Waals surface area contributed by atoms with Gasteiger partial charge in [-0.2, -0.15) is 4.98 Å². The first-order valence-electron chi connectivity index (χ1n) is 2.82. The lowest BCUT2D eigenvalue weighted by atomic mass is 10.7. The van der Waals surface area contributed by atoms with E-state index in [4.69, 9.17) is 0 Å². The summed E-state index contributed by atoms with van der Waals surface area (Å²) in [7, 11) is 3.36. The molecule has 1 rings (SSSR count). The molecular weight excluding hydrogens is 132 g/mol. The van der Waals surface area contributed by atoms with Gasteiger partial charge in [-0.1, -0.05) is 0 Å². The molecule has 0 unspecified atom stereocenters. The largest absolute Gasteiger partial charge is 0.356 e. The molecule has 0 bridgehead atoms. The normalized spacial score (nSPS) is 9.40. The Morgan fingerprint density at radius 3 is 2.70 bits per heavy atom. The Hall–Kier alpha value is -1.39. The zero-order valence-corrected chi connectivity index (χ0v) is 5.83. The minimum Gasteiger partial charge on any atom is -0.356 e. The zero-order valence-electron chi connectivity index (χ0n) is 5.83. The lowest BCUT2D eigenvalue weighted by Crippen LogP contribution is -1.96. The van der Waals surface area contributed by atoms with Crippen molar-refractivity contribution in [3.63, 3.8) is 0 Å². The van der Waals surface area contributed by atoms with Crippen LogP contribution in [0.2, 0.25) is 0 Å². The van der Waals surface area contributed by atoms with Crippen molar-refractivity contribution in [2.24, 2.45) is 7.05 Å². The lowest BCUT2D eigenvalue weighted by molar-refractivity contribution is 0.111. The van der Waals surface area contributed by atoms with E-state index in [0.29, 0.717) is 18.1 Å². The summed E-state index contributed by atoms with van der Waals surface area (Å²) in [6.45, 7) is 0. The van der Waals surface area contributed by atoms with Crippen LogP contribution in [0, 0.1) is 0 Å². The highest BCUT2D eigenvalue weighted by Gasteiger charge is 2.01. The fraction of sp³-hybridized carbons (Fsp3) is 0.400. The van der Waals surface area contributed by atoms with Crippen molar-refractivity contribution in [3.8, 4) is 0 Å². The summed E-state index contributed by atoms with van der Waals surface area (Å²) >= 11 is 0. The number of anilines is 1. The lowest BCUT2D eigenvalue weighted by Gasteiger charge is -1.85. The smallest absolute Gasteiger partial charge is 0.242 e. The molecule has 0 atom stereocenters. The van der Waals surface area contributed by atoms with Crippen LogP contribution in [-0.4, -0.2) is 28.1 Å². The van der Waals surface area contributed by atoms with Gasteiger partial charge in [0.15, 0.2) is 12.1 Å². The number of aldehydes is 1. The third kappa shape index (κ3) is 0.975. The summed E-state index contributed by atoms with van der Waals surface area (Å²) < 4.78 is 1.42. The molecule has 0 aliphatic carbocycles. The Labute approximate surface area is 58.1 Å². The minimum atomic E-state index is 0.323. The van der Waals surface area contributed by atoms with Crippen LogP contribution in [0.25, 0.3) is 0 Å². The zero-order chi connectivity index (χ0) is 7.56. The molecule has 1 aromatic rings. The van der Waals surface area contributed by atoms with E-state index >= 15 is 0 Å². The van der Waals surface area contributed by atoms with Crippen molar-refractivity contribution in [3.05, 3.63) is 5.82 Å². The maximum absolute atomic E-state index is 10.2. The summed E-state index contributed by atoms with van der Waals surface area (Å²) in [6, 6.07) is 0. The molecule has 10 heavy (non-hydrogen) atoms. The van der Waals surface area contributed by atoms with Crippen LogP contribution in [0.3, 0.4) is 0 Å². The summed E-state index contributed by atoms with van der Waals surface area (Å²) in [4.78, 5) is 14.0. The molecule has 1 N–H and O–H groups in total. The molecule has 1 aromatic heterocycles. The van der Waals surface area contributed by atoms with E-state index in [1.54, 1.807) is 14.1 Å². The van der Waals surface area contributed by atoms with Gasteiger partial charge in [-0.05, 0) is 0 Å². The van der Waals surface area contributed by atoms with Crippen LogP contribution in [0.5, 0.6) is 0 Å². The molecule has 0 radical (unpaired) electrons. The molecule has 54 valence electrons. The predicted octanol–water partition coefficient (Wildman–Crippen LogP) is -0.331. The van der Waals surface area contributed by atoms with E-state index in [-0.39, 0.29) is 0 Å². The highest BCUT2D eigenvalue weighted by molar-refractivity contribution is 5.69. The Balaban J connectivity index is 3.03. The molecule has 0 saturated heterocycles. The van der Waals surface area contributed by atoms with E-state index in [0.717, 1.165) is 0 Å². The molecular formula is C5H8N4O. The Morgan fingerprint density at radius 2 is 2.40 bits per heavy atom. The van der Waals surface area contributed by atoms with Crippen LogP contribution < -0.4 is 5.32 Å². The van der Waals surface area contributed by atoms with Gasteiger partial charge in [0.05, 0.1) is 0 Å². The standard InChI is InChI=1S/C5H8N4O/c1-6-5-7-4(3-10)9(2)8-5/h3H,1-2H3,(H,6,8). The van der Waals surface area contributed by atoms with E-state index in [1.165, 1.54) is 4.68 Å². The van der Waals surface area contributed by atoms with Crippen molar-refractivity contribution >= 4 is 12.2 Å². The molecule has 0 fully saturated rings. The molecule has 5 nitrogen and oxygen atoms in total. The van der Waals surface area contributed by atoms with Crippen molar-refractivity contribution in [1.29, 1.82) is 0 Å². The first-order valence-corrected chi connectivity index (χ1v) is 2.82. The topological polar surface area (TPSA) is 59.8 Å². The third-order valence-corrected chi connectivity index (χ3v) is 1.13. The van der Waals surface area contributed by atoms with Crippen molar-refractivity contribution in [2.45, 2.75) is 0 Å². The van der Waals surface area contributed by atoms with Crippen LogP contribution in [-0.2, 0) is 7.05 Å². The molecule has 1 heterocycles. The summed E-state index contributed by atoms with van der Waals surface area (Å²) in [5, 5.41) is 6.58. The second-order valence-corrected chi connectivity index (χ2v) is 1.79. The van der Waals surface area contributed by atoms with Crippen molar-refractivity contribution in [1.82, 2.24) is 14.8 Å². The van der Waals surface area contributed by atoms with E-state index in [2.05, 4.69) is 15.4 Å². The van der Waals surface area contributed by atoms with Gasteiger partial charge in [0, 0.05) is 14.1 Å². The van der Waals surface area contributed by atoms with Gasteiger partial charge in [0.25, 0.3) is 0 Å². The molecule has 0 aromatic carbocycles. The predicted molar refractivity (Wildman–Crippen MR) is 35.9 cm³/mol. The molecule has 0 aliphatic rings. The average Bonchev–Trinajstić information content (AvgIpc) is 2.30. The van der Waals surface area contributed by atoms with Gasteiger partial charge in [-0.25, -0.2) is 4.68 Å². The number of nitrogens with one attached hydrogen (secondary N) is 1. The number of hydrogen-bond acceptors (Lipinski definition) is 4. The number of carbonyl (C=O) groups excluding carboxylic acids is 1. The monoisotopic (exact) mass is 140 g/mol. The number of nitrogens with zero attached hydrogens (tertiary/aromatic N) is 3. The molecule has 0 spiro atoms. The van der Waals surface area contributed by atoms with Crippen LogP contribution >= 0.6 is 0 Å². The second kappa shape index (κ2) is 2.47. The van der Waals surface area contributed by atoms with Crippen LogP contribution in [0.15, 0.2) is 0 Å². The van der Waals surface area contributed by atoms with E-state index in [1.807, 2.05) is 0 Å². The molecule has 5 heteroatoms. The maximum Gasteiger partial charge on any atom is 0.242 e. The summed E-state index contributed by atoms with van der Waals surface area (Å²) in [5.74, 6) is 0.786. The second-order valence-electron chi connectivity index (χ2n) is 1.79. The van der Waals surface area contributed by atoms with Crippen molar-refractivity contribution < 1.29 is 4.79 Å². The SMILES string of the molecule is CNc1nc(C=O)n(C)n1. The minimum absolute atomic E-state index is 0.323. The van der Waals surface area contributed by atoms with Crippen molar-refractivity contribution in [2.75, 3.05) is 12.4 Å². The van der Waals surface area contributed by atoms with E-state index < -0.39 is 0 Å². The number of hydrogen-bond donors (Lipinski definition) is 1. The highest BCUT2D eigenvalue weighted by atomic mass is 16.1. The number of rotatable bonds is 2. The van der Waals surface area contributed by atoms with Gasteiger partial charge < -0.3 is 5.32 Å². The number of carbonyl (C=O) groups is 1. The summed E-state index contributed by atoms with van der Waals surface area (Å²) in [5.41, 5.74) is 0. The van der Waals surface area contributed by atoms with Gasteiger partial charge in [0.1, 0.15) is 0 Å². The number of aryl methyl sites for hydroxylation is 1.